The van der Waals surface area contributed by atoms with Gasteiger partial charge in [-0.05, 0) is 49.4 Å². The summed E-state index contributed by atoms with van der Waals surface area (Å²) in [6.45, 7) is 1.33. The number of carbonyl (C=O) groups is 2. The van der Waals surface area contributed by atoms with E-state index in [1.807, 2.05) is 0 Å². The Kier molecular flexibility index (Phi) is 7.11. The minimum Gasteiger partial charge on any atom is -0.484 e. The third-order valence-corrected chi connectivity index (χ3v) is 6.18. The van der Waals surface area contributed by atoms with Gasteiger partial charge in [-0.15, -0.1) is 0 Å². The number of hydrogen-bond donors (Lipinski definition) is 1. The Morgan fingerprint density at radius 1 is 1.19 bits per heavy atom. The molecule has 0 aliphatic carbocycles. The number of hydrogen-bond acceptors (Lipinski definition) is 7. The summed E-state index contributed by atoms with van der Waals surface area (Å²) in [4.78, 5) is 28.5. The molecule has 3 aromatic rings. The van der Waals surface area contributed by atoms with E-state index in [-0.39, 0.29) is 29.5 Å². The average molecular weight is 484 g/mol. The first-order valence-corrected chi connectivity index (χ1v) is 11.7. The van der Waals surface area contributed by atoms with Crippen LogP contribution in [-0.2, 0) is 30.9 Å². The highest BCUT2D eigenvalue weighted by Gasteiger charge is 2.15. The Hall–Kier alpha value is -2.73. The molecule has 0 atom stereocenters. The monoisotopic (exact) mass is 483 g/mol. The molecule has 0 bridgehead atoms. The highest BCUT2D eigenvalue weighted by atomic mass is 35.5. The van der Waals surface area contributed by atoms with Crippen molar-refractivity contribution in [3.05, 3.63) is 52.3 Å². The second kappa shape index (κ2) is 9.60. The molecule has 2 N–H and O–H groups in total. The van der Waals surface area contributed by atoms with Crippen LogP contribution in [0.4, 0.5) is 0 Å². The molecule has 9 nitrogen and oxygen atoms in total. The van der Waals surface area contributed by atoms with E-state index in [2.05, 4.69) is 4.99 Å². The van der Waals surface area contributed by atoms with Gasteiger partial charge in [0, 0.05) is 5.02 Å². The number of rotatable bonds is 7. The molecule has 0 saturated carbocycles. The Bertz CT molecular complexity index is 1300. The quantitative estimate of drug-likeness (QED) is 0.512. The maximum Gasteiger partial charge on any atom is 0.326 e. The van der Waals surface area contributed by atoms with Gasteiger partial charge >= 0.3 is 5.97 Å². The highest BCUT2D eigenvalue weighted by molar-refractivity contribution is 7.89. The predicted octanol–water partition coefficient (Wildman–Crippen LogP) is 2.07. The number of sulfonamides is 1. The van der Waals surface area contributed by atoms with Crippen LogP contribution in [0.5, 0.6) is 5.75 Å². The topological polar surface area (TPSA) is 130 Å². The zero-order valence-corrected chi connectivity index (χ0v) is 18.7. The van der Waals surface area contributed by atoms with Crippen LogP contribution in [0.2, 0.25) is 5.02 Å². The number of ether oxygens (including phenoxy) is 2. The van der Waals surface area contributed by atoms with E-state index in [0.717, 1.165) is 11.3 Å². The van der Waals surface area contributed by atoms with Gasteiger partial charge < -0.3 is 14.0 Å². The number of nitrogens with two attached hydrogens (primary N) is 1. The van der Waals surface area contributed by atoms with E-state index in [4.69, 9.17) is 26.2 Å². The molecule has 12 heteroatoms. The molecule has 0 aliphatic heterocycles. The van der Waals surface area contributed by atoms with Gasteiger partial charge in [0.2, 0.25) is 10.0 Å². The maximum absolute atomic E-state index is 12.4. The lowest BCUT2D eigenvalue weighted by Gasteiger charge is -2.06. The Morgan fingerprint density at radius 2 is 1.90 bits per heavy atom. The molecule has 31 heavy (non-hydrogen) atoms. The van der Waals surface area contributed by atoms with Gasteiger partial charge in [-0.1, -0.05) is 22.9 Å². The number of thiazole rings is 1. The van der Waals surface area contributed by atoms with Gasteiger partial charge in [-0.2, -0.15) is 4.99 Å². The van der Waals surface area contributed by atoms with E-state index in [1.54, 1.807) is 31.2 Å². The van der Waals surface area contributed by atoms with E-state index in [9.17, 15) is 18.0 Å². The first-order valence-electron chi connectivity index (χ1n) is 8.95. The standard InChI is InChI=1S/C19H18ClN3O6S2/c1-2-28-18(25)10-23-15-8-7-14(31(21,26)27)9-16(15)30-19(23)22-17(24)11-29-13-5-3-12(20)4-6-13/h3-9H,2,10-11H2,1H3,(H2,21,26,27). The van der Waals surface area contributed by atoms with Crippen LogP contribution in [0.15, 0.2) is 52.4 Å². The molecule has 0 aliphatic rings. The number of fused-ring (bicyclic) bond motifs is 1. The van der Waals surface area contributed by atoms with Crippen molar-refractivity contribution in [2.24, 2.45) is 10.1 Å². The largest absolute Gasteiger partial charge is 0.484 e. The van der Waals surface area contributed by atoms with Gasteiger partial charge in [0.05, 0.1) is 21.7 Å². The second-order valence-electron chi connectivity index (χ2n) is 6.20. The van der Waals surface area contributed by atoms with Crippen LogP contribution < -0.4 is 14.7 Å². The van der Waals surface area contributed by atoms with Crippen LogP contribution in [0, 0.1) is 0 Å². The average Bonchev–Trinajstić information content (AvgIpc) is 3.03. The molecular weight excluding hydrogens is 466 g/mol. The van der Waals surface area contributed by atoms with Crippen molar-refractivity contribution < 1.29 is 27.5 Å². The van der Waals surface area contributed by atoms with E-state index in [0.29, 0.717) is 21.0 Å². The van der Waals surface area contributed by atoms with Crippen molar-refractivity contribution in [2.75, 3.05) is 13.2 Å². The fraction of sp³-hybridized carbons (Fsp3) is 0.211. The molecule has 0 fully saturated rings. The van der Waals surface area contributed by atoms with Crippen molar-refractivity contribution in [1.82, 2.24) is 4.57 Å². The molecule has 1 aromatic heterocycles. The van der Waals surface area contributed by atoms with Crippen LogP contribution in [0.3, 0.4) is 0 Å². The zero-order chi connectivity index (χ0) is 22.6. The van der Waals surface area contributed by atoms with Gasteiger partial charge in [-0.25, -0.2) is 13.6 Å². The molecule has 1 amide bonds. The molecule has 1 heterocycles. The fourth-order valence-corrected chi connectivity index (χ4v) is 4.45. The zero-order valence-electron chi connectivity index (χ0n) is 16.3. The Morgan fingerprint density at radius 3 is 2.55 bits per heavy atom. The Balaban J connectivity index is 1.96. The smallest absolute Gasteiger partial charge is 0.326 e. The van der Waals surface area contributed by atoms with Gasteiger partial charge in [0.25, 0.3) is 5.91 Å². The lowest BCUT2D eigenvalue weighted by molar-refractivity contribution is -0.143. The van der Waals surface area contributed by atoms with E-state index < -0.39 is 21.9 Å². The number of halogens is 1. The van der Waals surface area contributed by atoms with E-state index >= 15 is 0 Å². The van der Waals surface area contributed by atoms with Gasteiger partial charge in [-0.3, -0.25) is 9.59 Å². The summed E-state index contributed by atoms with van der Waals surface area (Å²) in [5, 5.41) is 5.73. The van der Waals surface area contributed by atoms with Crippen LogP contribution >= 0.6 is 22.9 Å². The third-order valence-electron chi connectivity index (χ3n) is 3.97. The summed E-state index contributed by atoms with van der Waals surface area (Å²) in [6.07, 6.45) is 0. The SMILES string of the molecule is CCOC(=O)Cn1c(=NC(=O)COc2ccc(Cl)cc2)sc2cc(S(N)(=O)=O)ccc21. The summed E-state index contributed by atoms with van der Waals surface area (Å²) in [5.74, 6) is -0.670. The number of nitrogens with zero attached hydrogens (tertiary/aromatic N) is 2. The molecule has 164 valence electrons. The predicted molar refractivity (Wildman–Crippen MR) is 115 cm³/mol. The summed E-state index contributed by atoms with van der Waals surface area (Å²) in [6, 6.07) is 10.7. The number of amides is 1. The van der Waals surface area contributed by atoms with Crippen LogP contribution in [-0.4, -0.2) is 38.1 Å². The summed E-state index contributed by atoms with van der Waals surface area (Å²) >= 11 is 6.86. The maximum atomic E-state index is 12.4. The second-order valence-corrected chi connectivity index (χ2v) is 9.21. The first-order chi connectivity index (χ1) is 14.7. The minimum atomic E-state index is -3.92. The number of aromatic nitrogens is 1. The summed E-state index contributed by atoms with van der Waals surface area (Å²) in [7, 11) is -3.92. The lowest BCUT2D eigenvalue weighted by Crippen LogP contribution is -2.24. The number of benzene rings is 2. The molecule has 0 unspecified atom stereocenters. The fourth-order valence-electron chi connectivity index (χ4n) is 2.62. The minimum absolute atomic E-state index is 0.0894. The molecule has 0 radical (unpaired) electrons. The molecule has 3 rings (SSSR count). The molecule has 0 saturated heterocycles. The van der Waals surface area contributed by atoms with Gasteiger partial charge in [0.15, 0.2) is 11.4 Å². The number of esters is 1. The molecule has 0 spiro atoms. The first kappa shape index (κ1) is 22.9. The third kappa shape index (κ3) is 5.91. The van der Waals surface area contributed by atoms with Crippen molar-refractivity contribution in [3.8, 4) is 5.75 Å². The van der Waals surface area contributed by atoms with Crippen molar-refractivity contribution in [2.45, 2.75) is 18.4 Å². The molecular formula is C19H18ClN3O6S2. The van der Waals surface area contributed by atoms with Crippen LogP contribution in [0.25, 0.3) is 10.2 Å². The van der Waals surface area contributed by atoms with Crippen molar-refractivity contribution in [1.29, 1.82) is 0 Å². The molecule has 2 aromatic carbocycles. The van der Waals surface area contributed by atoms with Crippen LogP contribution in [0.1, 0.15) is 6.92 Å². The lowest BCUT2D eigenvalue weighted by atomic mass is 10.3. The summed E-state index contributed by atoms with van der Waals surface area (Å²) < 4.78 is 35.6. The van der Waals surface area contributed by atoms with Crippen molar-refractivity contribution >= 4 is 55.1 Å². The highest BCUT2D eigenvalue weighted by Crippen LogP contribution is 2.21. The van der Waals surface area contributed by atoms with E-state index in [1.165, 1.54) is 22.8 Å². The number of carbonyl (C=O) groups excluding carboxylic acids is 2. The van der Waals surface area contributed by atoms with Gasteiger partial charge in [0.1, 0.15) is 12.3 Å². The normalized spacial score (nSPS) is 12.2. The number of primary sulfonamides is 1. The van der Waals surface area contributed by atoms with Crippen molar-refractivity contribution in [3.63, 3.8) is 0 Å². The Labute approximate surface area is 186 Å². The summed E-state index contributed by atoms with van der Waals surface area (Å²) in [5.41, 5.74) is 0.510.